The zero-order valence-corrected chi connectivity index (χ0v) is 21.2. The van der Waals surface area contributed by atoms with E-state index in [1.165, 1.54) is 26.1 Å². The van der Waals surface area contributed by atoms with Crippen molar-refractivity contribution in [2.75, 3.05) is 0 Å². The zero-order valence-electron chi connectivity index (χ0n) is 20.4. The van der Waals surface area contributed by atoms with Gasteiger partial charge in [0.15, 0.2) is 5.90 Å². The van der Waals surface area contributed by atoms with E-state index in [-0.39, 0.29) is 41.8 Å². The fraction of sp³-hybridized carbons (Fsp3) is 0.308. The van der Waals surface area contributed by atoms with Gasteiger partial charge in [0.05, 0.1) is 12.1 Å². The number of carbonyl (C=O) groups excluding carboxylic acids is 1. The minimum atomic E-state index is -4.89. The zero-order chi connectivity index (χ0) is 27.6. The number of alkyl halides is 3. The SMILES string of the molecule is CC(=O)Cn1c2c(c(=O)n(C)c1=O)CCC(Cc1ccc(Cl)cc1)C(Oc1cccc(OC(F)(F)F)c1)=N2. The molecule has 1 aliphatic heterocycles. The van der Waals surface area contributed by atoms with Gasteiger partial charge in [0.2, 0.25) is 0 Å². The lowest BCUT2D eigenvalue weighted by Gasteiger charge is -2.19. The third-order valence-electron chi connectivity index (χ3n) is 5.95. The van der Waals surface area contributed by atoms with Gasteiger partial charge in [-0.25, -0.2) is 4.79 Å². The van der Waals surface area contributed by atoms with Gasteiger partial charge in [0.25, 0.3) is 5.56 Å². The van der Waals surface area contributed by atoms with Crippen LogP contribution >= 0.6 is 11.6 Å². The lowest BCUT2D eigenvalue weighted by atomic mass is 9.93. The molecule has 0 spiro atoms. The van der Waals surface area contributed by atoms with Crippen molar-refractivity contribution < 1.29 is 27.4 Å². The number of rotatable bonds is 6. The second-order valence-corrected chi connectivity index (χ2v) is 9.31. The Bertz CT molecular complexity index is 1510. The second-order valence-electron chi connectivity index (χ2n) is 8.88. The number of hydrogen-bond acceptors (Lipinski definition) is 6. The van der Waals surface area contributed by atoms with Crippen LogP contribution in [0, 0.1) is 5.92 Å². The lowest BCUT2D eigenvalue weighted by Crippen LogP contribution is -2.40. The Morgan fingerprint density at radius 1 is 1.13 bits per heavy atom. The number of Topliss-reactive ketones (excluding diaryl/α,β-unsaturated/α-hetero) is 1. The highest BCUT2D eigenvalue weighted by atomic mass is 35.5. The van der Waals surface area contributed by atoms with E-state index in [2.05, 4.69) is 9.73 Å². The molecule has 0 saturated heterocycles. The predicted octanol–water partition coefficient (Wildman–Crippen LogP) is 4.60. The van der Waals surface area contributed by atoms with Crippen LogP contribution in [0.15, 0.2) is 63.1 Å². The molecule has 0 saturated carbocycles. The monoisotopic (exact) mass is 549 g/mol. The Hall–Kier alpha value is -3.86. The number of nitrogens with zero attached hydrogens (tertiary/aromatic N) is 3. The number of carbonyl (C=O) groups is 1. The molecule has 3 aromatic rings. The average Bonchev–Trinajstić information content (AvgIpc) is 3.00. The molecule has 200 valence electrons. The minimum absolute atomic E-state index is 0.00963. The number of aliphatic imine (C=N–C) groups is 1. The largest absolute Gasteiger partial charge is 0.573 e. The van der Waals surface area contributed by atoms with Gasteiger partial charge in [-0.15, -0.1) is 13.2 Å². The first-order valence-corrected chi connectivity index (χ1v) is 12.0. The normalized spacial score (nSPS) is 15.3. The highest BCUT2D eigenvalue weighted by Crippen LogP contribution is 2.31. The molecule has 0 bridgehead atoms. The molecular weight excluding hydrogens is 527 g/mol. The lowest BCUT2D eigenvalue weighted by molar-refractivity contribution is -0.274. The molecule has 0 N–H and O–H groups in total. The first kappa shape index (κ1) is 27.2. The molecule has 1 aliphatic rings. The molecule has 0 radical (unpaired) electrons. The van der Waals surface area contributed by atoms with Crippen LogP contribution in [0.2, 0.25) is 5.02 Å². The van der Waals surface area contributed by atoms with Gasteiger partial charge in [-0.05, 0) is 56.0 Å². The summed E-state index contributed by atoms with van der Waals surface area (Å²) in [4.78, 5) is 42.4. The molecule has 1 aromatic heterocycles. The number of ether oxygens (including phenoxy) is 2. The number of aromatic nitrogens is 2. The summed E-state index contributed by atoms with van der Waals surface area (Å²) in [6, 6.07) is 12.0. The van der Waals surface area contributed by atoms with Gasteiger partial charge in [-0.3, -0.25) is 18.7 Å². The summed E-state index contributed by atoms with van der Waals surface area (Å²) in [6.45, 7) is 0.986. The third-order valence-corrected chi connectivity index (χ3v) is 6.20. The minimum Gasteiger partial charge on any atom is -0.442 e. The molecule has 0 fully saturated rings. The quantitative estimate of drug-likeness (QED) is 0.448. The highest BCUT2D eigenvalue weighted by Gasteiger charge is 2.32. The van der Waals surface area contributed by atoms with Crippen molar-refractivity contribution in [2.45, 2.75) is 39.1 Å². The summed E-state index contributed by atoms with van der Waals surface area (Å²) in [5, 5.41) is 0.547. The summed E-state index contributed by atoms with van der Waals surface area (Å²) >= 11 is 6.01. The average molecular weight is 550 g/mol. The molecule has 8 nitrogen and oxygen atoms in total. The van der Waals surface area contributed by atoms with E-state index in [1.54, 1.807) is 12.1 Å². The summed E-state index contributed by atoms with van der Waals surface area (Å²) in [5.41, 5.74) is -0.142. The molecule has 0 aliphatic carbocycles. The van der Waals surface area contributed by atoms with Gasteiger partial charge >= 0.3 is 12.1 Å². The maximum Gasteiger partial charge on any atom is 0.573 e. The van der Waals surface area contributed by atoms with E-state index in [1.807, 2.05) is 12.1 Å². The van der Waals surface area contributed by atoms with Gasteiger partial charge in [0, 0.05) is 24.1 Å². The fourth-order valence-electron chi connectivity index (χ4n) is 4.23. The van der Waals surface area contributed by atoms with Crippen molar-refractivity contribution in [3.8, 4) is 11.5 Å². The van der Waals surface area contributed by atoms with Crippen molar-refractivity contribution in [2.24, 2.45) is 18.0 Å². The first-order chi connectivity index (χ1) is 17.9. The Labute approximate surface area is 219 Å². The van der Waals surface area contributed by atoms with Crippen LogP contribution in [0.5, 0.6) is 11.5 Å². The van der Waals surface area contributed by atoms with Gasteiger partial charge in [0.1, 0.15) is 23.1 Å². The number of hydrogen-bond donors (Lipinski definition) is 0. The standard InChI is InChI=1S/C26H23ClF3N3O5/c1-15(34)14-33-22-21(24(35)32(2)25(33)36)11-8-17(12-16-6-9-18(27)10-7-16)23(31-22)37-19-4-3-5-20(13-19)38-26(28,29)30/h3-7,9-10,13,17H,8,11-12,14H2,1-2H3. The van der Waals surface area contributed by atoms with Crippen molar-refractivity contribution in [3.63, 3.8) is 0 Å². The van der Waals surface area contributed by atoms with Crippen LogP contribution < -0.4 is 20.7 Å². The summed E-state index contributed by atoms with van der Waals surface area (Å²) in [5.74, 6) is -1.16. The summed E-state index contributed by atoms with van der Waals surface area (Å²) in [7, 11) is 1.32. The second kappa shape index (κ2) is 10.9. The Morgan fingerprint density at radius 3 is 2.47 bits per heavy atom. The molecule has 1 atom stereocenters. The van der Waals surface area contributed by atoms with Crippen LogP contribution in [0.25, 0.3) is 0 Å². The fourth-order valence-corrected chi connectivity index (χ4v) is 4.35. The van der Waals surface area contributed by atoms with E-state index in [4.69, 9.17) is 16.3 Å². The Balaban J connectivity index is 1.83. The van der Waals surface area contributed by atoms with E-state index in [0.717, 1.165) is 26.8 Å². The van der Waals surface area contributed by atoms with Crippen molar-refractivity contribution in [3.05, 3.63) is 85.5 Å². The smallest absolute Gasteiger partial charge is 0.442 e. The van der Waals surface area contributed by atoms with Crippen LogP contribution in [0.1, 0.15) is 24.5 Å². The molecule has 4 rings (SSSR count). The van der Waals surface area contributed by atoms with Crippen LogP contribution in [-0.2, 0) is 31.2 Å². The molecule has 12 heteroatoms. The van der Waals surface area contributed by atoms with Crippen molar-refractivity contribution >= 4 is 29.1 Å². The number of benzene rings is 2. The van der Waals surface area contributed by atoms with E-state index >= 15 is 0 Å². The van der Waals surface area contributed by atoms with Gasteiger partial charge in [-0.2, -0.15) is 4.99 Å². The Kier molecular flexibility index (Phi) is 7.77. The number of fused-ring (bicyclic) bond motifs is 1. The van der Waals surface area contributed by atoms with E-state index < -0.39 is 29.3 Å². The first-order valence-electron chi connectivity index (χ1n) is 11.6. The van der Waals surface area contributed by atoms with Crippen molar-refractivity contribution in [1.82, 2.24) is 9.13 Å². The third kappa shape index (κ3) is 6.34. The molecule has 1 unspecified atom stereocenters. The number of halogens is 4. The van der Waals surface area contributed by atoms with Crippen LogP contribution in [0.4, 0.5) is 19.0 Å². The molecule has 2 aromatic carbocycles. The van der Waals surface area contributed by atoms with E-state index in [0.29, 0.717) is 17.9 Å². The molecule has 0 amide bonds. The van der Waals surface area contributed by atoms with E-state index in [9.17, 15) is 27.6 Å². The molecule has 38 heavy (non-hydrogen) atoms. The highest BCUT2D eigenvalue weighted by molar-refractivity contribution is 6.30. The molecule has 2 heterocycles. The van der Waals surface area contributed by atoms with Gasteiger partial charge < -0.3 is 9.47 Å². The van der Waals surface area contributed by atoms with Crippen molar-refractivity contribution in [1.29, 1.82) is 0 Å². The summed E-state index contributed by atoms with van der Waals surface area (Å²) < 4.78 is 50.3. The summed E-state index contributed by atoms with van der Waals surface area (Å²) in [6.07, 6.45) is -3.88. The van der Waals surface area contributed by atoms with Crippen LogP contribution in [-0.4, -0.2) is 27.2 Å². The maximum atomic E-state index is 13.0. The topological polar surface area (TPSA) is 91.9 Å². The maximum absolute atomic E-state index is 13.0. The number of ketones is 1. The van der Waals surface area contributed by atoms with Crippen LogP contribution in [0.3, 0.4) is 0 Å². The molecular formula is C26H23ClF3N3O5. The predicted molar refractivity (Wildman–Crippen MR) is 134 cm³/mol. The Morgan fingerprint density at radius 2 is 1.82 bits per heavy atom. The van der Waals surface area contributed by atoms with Gasteiger partial charge in [-0.1, -0.05) is 29.8 Å².